The molecule has 1 unspecified atom stereocenters. The summed E-state index contributed by atoms with van der Waals surface area (Å²) in [5, 5.41) is 3.50. The number of hydrogen-bond donors (Lipinski definition) is 1. The van der Waals surface area contributed by atoms with Crippen LogP contribution in [0.5, 0.6) is 0 Å². The number of rotatable bonds is 3. The third-order valence-corrected chi connectivity index (χ3v) is 2.61. The van der Waals surface area contributed by atoms with E-state index in [0.717, 1.165) is 19.8 Å². The molecule has 1 rings (SSSR count). The van der Waals surface area contributed by atoms with Gasteiger partial charge in [0.2, 0.25) is 0 Å². The lowest BCUT2D eigenvalue weighted by Gasteiger charge is -2.23. The second-order valence-corrected chi connectivity index (χ2v) is 5.59. The highest BCUT2D eigenvalue weighted by Gasteiger charge is 2.12. The first kappa shape index (κ1) is 12.7. The third-order valence-electron chi connectivity index (χ3n) is 2.61. The fourth-order valence-corrected chi connectivity index (χ4v) is 1.76. The van der Waals surface area contributed by atoms with Gasteiger partial charge in [0.05, 0.1) is 6.61 Å². The summed E-state index contributed by atoms with van der Waals surface area (Å²) in [6.07, 6.45) is 4.87. The predicted octanol–water partition coefficient (Wildman–Crippen LogP) is 2.75. The van der Waals surface area contributed by atoms with E-state index in [-0.39, 0.29) is 5.54 Å². The summed E-state index contributed by atoms with van der Waals surface area (Å²) in [5.74, 6) is 0.639. The van der Waals surface area contributed by atoms with Crippen molar-refractivity contribution in [2.45, 2.75) is 46.1 Å². The summed E-state index contributed by atoms with van der Waals surface area (Å²) in [5.41, 5.74) is 1.64. The van der Waals surface area contributed by atoms with Crippen LogP contribution in [0.25, 0.3) is 0 Å². The predicted molar refractivity (Wildman–Crippen MR) is 65.1 cm³/mol. The zero-order valence-corrected chi connectivity index (χ0v) is 10.6. The van der Waals surface area contributed by atoms with E-state index in [9.17, 15) is 0 Å². The van der Waals surface area contributed by atoms with Gasteiger partial charge in [-0.05, 0) is 40.5 Å². The maximum atomic E-state index is 5.46. The van der Waals surface area contributed by atoms with Crippen molar-refractivity contribution in [1.29, 1.82) is 0 Å². The molecule has 0 aliphatic carbocycles. The molecule has 0 bridgehead atoms. The van der Waals surface area contributed by atoms with E-state index >= 15 is 0 Å². The van der Waals surface area contributed by atoms with Crippen LogP contribution >= 0.6 is 0 Å². The summed E-state index contributed by atoms with van der Waals surface area (Å²) in [4.78, 5) is 0. The largest absolute Gasteiger partial charge is 0.381 e. The summed E-state index contributed by atoms with van der Waals surface area (Å²) in [6, 6.07) is 0. The number of hydrogen-bond acceptors (Lipinski definition) is 2. The van der Waals surface area contributed by atoms with Gasteiger partial charge in [-0.1, -0.05) is 11.6 Å². The highest BCUT2D eigenvalue weighted by Crippen LogP contribution is 2.16. The second-order valence-electron chi connectivity index (χ2n) is 5.59. The van der Waals surface area contributed by atoms with Crippen molar-refractivity contribution in [3.8, 4) is 0 Å². The molecule has 2 heteroatoms. The molecule has 1 heterocycles. The first-order chi connectivity index (χ1) is 6.97. The maximum absolute atomic E-state index is 5.46. The average Bonchev–Trinajstić information content (AvgIpc) is 2.15. The van der Waals surface area contributed by atoms with Crippen LogP contribution in [0.1, 0.15) is 40.5 Å². The molecule has 1 N–H and O–H groups in total. The van der Waals surface area contributed by atoms with Gasteiger partial charge in [-0.15, -0.1) is 0 Å². The lowest BCUT2D eigenvalue weighted by molar-refractivity contribution is 0.0707. The fraction of sp³-hybridized carbons (Fsp3) is 0.846. The van der Waals surface area contributed by atoms with Crippen molar-refractivity contribution in [1.82, 2.24) is 5.32 Å². The van der Waals surface area contributed by atoms with Gasteiger partial charge in [0.1, 0.15) is 0 Å². The monoisotopic (exact) mass is 211 g/mol. The topological polar surface area (TPSA) is 21.3 Å². The van der Waals surface area contributed by atoms with Crippen molar-refractivity contribution in [2.75, 3.05) is 19.8 Å². The highest BCUT2D eigenvalue weighted by atomic mass is 16.5. The van der Waals surface area contributed by atoms with E-state index in [2.05, 4.69) is 39.1 Å². The average molecular weight is 211 g/mol. The number of ether oxygens (including phenoxy) is 1. The molecule has 1 fully saturated rings. The Morgan fingerprint density at radius 1 is 1.47 bits per heavy atom. The molecule has 0 aromatic heterocycles. The van der Waals surface area contributed by atoms with Crippen LogP contribution in [-0.2, 0) is 4.74 Å². The number of nitrogens with one attached hydrogen (secondary N) is 1. The molecule has 1 aliphatic heterocycles. The van der Waals surface area contributed by atoms with Gasteiger partial charge >= 0.3 is 0 Å². The Morgan fingerprint density at radius 3 is 2.73 bits per heavy atom. The van der Waals surface area contributed by atoms with Crippen LogP contribution in [0.4, 0.5) is 0 Å². The second kappa shape index (κ2) is 5.66. The Morgan fingerprint density at radius 2 is 2.20 bits per heavy atom. The highest BCUT2D eigenvalue weighted by molar-refractivity contribution is 5.04. The summed E-state index contributed by atoms with van der Waals surface area (Å²) in [7, 11) is 0. The van der Waals surface area contributed by atoms with Crippen LogP contribution in [0.15, 0.2) is 11.6 Å². The minimum absolute atomic E-state index is 0.207. The Hall–Kier alpha value is -0.340. The Kier molecular flexibility index (Phi) is 4.81. The molecular formula is C13H25NO. The van der Waals surface area contributed by atoms with E-state index in [1.165, 1.54) is 18.4 Å². The minimum atomic E-state index is 0.207. The quantitative estimate of drug-likeness (QED) is 0.725. The van der Waals surface area contributed by atoms with Crippen LogP contribution in [-0.4, -0.2) is 25.3 Å². The first-order valence-electron chi connectivity index (χ1n) is 5.97. The van der Waals surface area contributed by atoms with E-state index in [1.807, 2.05) is 0 Å². The smallest absolute Gasteiger partial charge is 0.0528 e. The van der Waals surface area contributed by atoms with Crippen molar-refractivity contribution in [3.05, 3.63) is 11.6 Å². The van der Waals surface area contributed by atoms with Gasteiger partial charge in [-0.25, -0.2) is 0 Å². The van der Waals surface area contributed by atoms with Crippen molar-refractivity contribution in [2.24, 2.45) is 5.92 Å². The lowest BCUT2D eigenvalue weighted by atomic mass is 9.99. The standard InChI is InChI=1S/C13H25NO/c1-11(9-14-13(2,3)4)8-12-6-5-7-15-10-12/h8,12,14H,5-7,9-10H2,1-4H3/b11-8+. The van der Waals surface area contributed by atoms with E-state index in [4.69, 9.17) is 4.74 Å². The molecule has 0 aromatic carbocycles. The summed E-state index contributed by atoms with van der Waals surface area (Å²) in [6.45, 7) is 11.6. The van der Waals surface area contributed by atoms with Gasteiger partial charge in [0.25, 0.3) is 0 Å². The van der Waals surface area contributed by atoms with Gasteiger partial charge in [-0.3, -0.25) is 0 Å². The zero-order chi connectivity index (χ0) is 11.3. The minimum Gasteiger partial charge on any atom is -0.381 e. The van der Waals surface area contributed by atoms with Gasteiger partial charge in [-0.2, -0.15) is 0 Å². The van der Waals surface area contributed by atoms with Crippen LogP contribution < -0.4 is 5.32 Å². The molecule has 88 valence electrons. The maximum Gasteiger partial charge on any atom is 0.0528 e. The Balaban J connectivity index is 2.31. The first-order valence-corrected chi connectivity index (χ1v) is 5.97. The van der Waals surface area contributed by atoms with Crippen LogP contribution in [0.3, 0.4) is 0 Å². The van der Waals surface area contributed by atoms with E-state index < -0.39 is 0 Å². The van der Waals surface area contributed by atoms with Crippen molar-refractivity contribution < 1.29 is 4.74 Å². The van der Waals surface area contributed by atoms with Crippen LogP contribution in [0, 0.1) is 5.92 Å². The molecule has 0 aromatic rings. The SMILES string of the molecule is C/C(=C\C1CCCOC1)CNC(C)(C)C. The van der Waals surface area contributed by atoms with Gasteiger partial charge in [0, 0.05) is 24.6 Å². The summed E-state index contributed by atoms with van der Waals surface area (Å²) >= 11 is 0. The van der Waals surface area contributed by atoms with Gasteiger partial charge < -0.3 is 10.1 Å². The summed E-state index contributed by atoms with van der Waals surface area (Å²) < 4.78 is 5.46. The normalized spacial score (nSPS) is 24.3. The van der Waals surface area contributed by atoms with Crippen molar-refractivity contribution >= 4 is 0 Å². The zero-order valence-electron chi connectivity index (χ0n) is 10.6. The molecule has 0 saturated carbocycles. The Labute approximate surface area is 94.1 Å². The lowest BCUT2D eigenvalue weighted by Crippen LogP contribution is -2.36. The molecule has 0 spiro atoms. The molecule has 0 radical (unpaired) electrons. The molecule has 1 aliphatic rings. The van der Waals surface area contributed by atoms with E-state index in [1.54, 1.807) is 0 Å². The molecular weight excluding hydrogens is 186 g/mol. The van der Waals surface area contributed by atoms with E-state index in [0.29, 0.717) is 5.92 Å². The molecule has 1 atom stereocenters. The molecule has 1 saturated heterocycles. The molecule has 15 heavy (non-hydrogen) atoms. The van der Waals surface area contributed by atoms with Gasteiger partial charge in [0.15, 0.2) is 0 Å². The van der Waals surface area contributed by atoms with Crippen LogP contribution in [0.2, 0.25) is 0 Å². The molecule has 2 nitrogen and oxygen atoms in total. The molecule has 0 amide bonds. The Bertz CT molecular complexity index is 209. The van der Waals surface area contributed by atoms with Crippen molar-refractivity contribution in [3.63, 3.8) is 0 Å². The fourth-order valence-electron chi connectivity index (χ4n) is 1.76. The third kappa shape index (κ3) is 5.95.